The van der Waals surface area contributed by atoms with Gasteiger partial charge in [-0.05, 0) is 61.4 Å². The second kappa shape index (κ2) is 6.97. The number of fused-ring (bicyclic) bond motifs is 1. The zero-order valence-corrected chi connectivity index (χ0v) is 13.5. The molecule has 0 aliphatic heterocycles. The summed E-state index contributed by atoms with van der Waals surface area (Å²) in [5.74, 6) is 0.0634. The number of hydrogen-bond donors (Lipinski definition) is 2. The van der Waals surface area contributed by atoms with Crippen molar-refractivity contribution in [2.24, 2.45) is 0 Å². The van der Waals surface area contributed by atoms with Crippen LogP contribution in [0.5, 0.6) is 0 Å². The Morgan fingerprint density at radius 3 is 2.73 bits per heavy atom. The van der Waals surface area contributed by atoms with Crippen molar-refractivity contribution in [1.82, 2.24) is 5.32 Å². The molecule has 22 heavy (non-hydrogen) atoms. The van der Waals surface area contributed by atoms with Crippen LogP contribution in [0.15, 0.2) is 30.3 Å². The molecule has 0 saturated heterocycles. The maximum atomic E-state index is 12.3. The first-order valence-electron chi connectivity index (χ1n) is 7.96. The van der Waals surface area contributed by atoms with Crippen LogP contribution in [0.4, 0.5) is 5.69 Å². The van der Waals surface area contributed by atoms with Crippen LogP contribution in [0.25, 0.3) is 0 Å². The summed E-state index contributed by atoms with van der Waals surface area (Å²) in [6.07, 6.45) is 6.92. The average Bonchev–Trinajstić information content (AvgIpc) is 2.80. The monoisotopic (exact) mass is 314 g/mol. The largest absolute Gasteiger partial charge is 0.399 e. The highest BCUT2D eigenvalue weighted by atomic mass is 32.1. The summed E-state index contributed by atoms with van der Waals surface area (Å²) in [5, 5.41) is 3.03. The summed E-state index contributed by atoms with van der Waals surface area (Å²) in [6, 6.07) is 9.91. The van der Waals surface area contributed by atoms with E-state index in [1.54, 1.807) is 11.3 Å². The lowest BCUT2D eigenvalue weighted by molar-refractivity contribution is 0.0958. The van der Waals surface area contributed by atoms with Gasteiger partial charge in [-0.1, -0.05) is 18.6 Å². The lowest BCUT2D eigenvalue weighted by Crippen LogP contribution is -2.24. The summed E-state index contributed by atoms with van der Waals surface area (Å²) in [6.45, 7) is 0.658. The van der Waals surface area contributed by atoms with Gasteiger partial charge in [-0.2, -0.15) is 0 Å². The van der Waals surface area contributed by atoms with E-state index in [0.29, 0.717) is 6.54 Å². The number of hydrogen-bond acceptors (Lipinski definition) is 3. The van der Waals surface area contributed by atoms with E-state index in [0.717, 1.165) is 29.8 Å². The molecule has 0 saturated carbocycles. The molecule has 0 fully saturated rings. The molecule has 3 N–H and O–H groups in total. The normalized spacial score (nSPS) is 14.2. The minimum absolute atomic E-state index is 0.0634. The van der Waals surface area contributed by atoms with E-state index in [-0.39, 0.29) is 5.91 Å². The van der Waals surface area contributed by atoms with E-state index in [4.69, 9.17) is 5.73 Å². The molecule has 4 heteroatoms. The molecule has 0 spiro atoms. The highest BCUT2D eigenvalue weighted by molar-refractivity contribution is 7.14. The summed E-state index contributed by atoms with van der Waals surface area (Å²) in [5.41, 5.74) is 9.03. The molecule has 3 nitrogen and oxygen atoms in total. The van der Waals surface area contributed by atoms with Crippen LogP contribution in [0.3, 0.4) is 0 Å². The number of anilines is 1. The number of thiophene rings is 1. The molecular weight excluding hydrogens is 292 g/mol. The second-order valence-corrected chi connectivity index (χ2v) is 7.00. The Hall–Kier alpha value is -1.81. The van der Waals surface area contributed by atoms with Crippen molar-refractivity contribution in [1.29, 1.82) is 0 Å². The van der Waals surface area contributed by atoms with Crippen molar-refractivity contribution in [3.05, 3.63) is 51.2 Å². The van der Waals surface area contributed by atoms with E-state index in [1.807, 2.05) is 24.3 Å². The van der Waals surface area contributed by atoms with Crippen LogP contribution < -0.4 is 11.1 Å². The number of aryl methyl sites for hydroxylation is 2. The molecule has 1 amide bonds. The first kappa shape index (κ1) is 15.1. The van der Waals surface area contributed by atoms with Crippen LogP contribution in [0.2, 0.25) is 0 Å². The summed E-state index contributed by atoms with van der Waals surface area (Å²) in [7, 11) is 0. The first-order valence-corrected chi connectivity index (χ1v) is 8.78. The van der Waals surface area contributed by atoms with Crippen LogP contribution in [-0.4, -0.2) is 12.5 Å². The Labute approximate surface area is 135 Å². The van der Waals surface area contributed by atoms with Crippen molar-refractivity contribution >= 4 is 22.9 Å². The fraction of sp³-hybridized carbons (Fsp3) is 0.389. The number of nitrogens with two attached hydrogens (primary N) is 1. The highest BCUT2D eigenvalue weighted by Crippen LogP contribution is 2.28. The van der Waals surface area contributed by atoms with Crippen LogP contribution >= 0.6 is 11.3 Å². The third-order valence-corrected chi connectivity index (χ3v) is 5.39. The lowest BCUT2D eigenvalue weighted by atomic mass is 10.1. The Balaban J connectivity index is 1.54. The minimum atomic E-state index is 0.0634. The molecule has 1 heterocycles. The number of nitrogen functional groups attached to an aromatic ring is 1. The van der Waals surface area contributed by atoms with E-state index in [2.05, 4.69) is 11.4 Å². The maximum absolute atomic E-state index is 12.3. The average molecular weight is 314 g/mol. The van der Waals surface area contributed by atoms with Gasteiger partial charge in [0.05, 0.1) is 4.88 Å². The van der Waals surface area contributed by atoms with Crippen molar-refractivity contribution < 1.29 is 4.79 Å². The second-order valence-electron chi connectivity index (χ2n) is 5.87. The smallest absolute Gasteiger partial charge is 0.261 e. The van der Waals surface area contributed by atoms with Crippen molar-refractivity contribution in [3.8, 4) is 0 Å². The molecule has 3 rings (SSSR count). The van der Waals surface area contributed by atoms with Gasteiger partial charge in [0.25, 0.3) is 5.91 Å². The number of amides is 1. The zero-order valence-electron chi connectivity index (χ0n) is 12.7. The number of nitrogens with one attached hydrogen (secondary N) is 1. The number of rotatable bonds is 4. The van der Waals surface area contributed by atoms with Crippen LogP contribution in [-0.2, 0) is 19.3 Å². The molecule has 0 bridgehead atoms. The maximum Gasteiger partial charge on any atom is 0.261 e. The van der Waals surface area contributed by atoms with Gasteiger partial charge < -0.3 is 11.1 Å². The first-order chi connectivity index (χ1) is 10.7. The standard InChI is InChI=1S/C18H22N2OS/c19-15-8-6-13(7-9-15)10-11-20-18(21)17-12-14-4-2-1-3-5-16(14)22-17/h6-9,12H,1-5,10-11,19H2,(H,20,21). The van der Waals surface area contributed by atoms with Gasteiger partial charge >= 0.3 is 0 Å². The van der Waals surface area contributed by atoms with E-state index in [1.165, 1.54) is 35.3 Å². The zero-order chi connectivity index (χ0) is 15.4. The molecule has 1 aliphatic rings. The van der Waals surface area contributed by atoms with Crippen LogP contribution in [0, 0.1) is 0 Å². The third-order valence-electron chi connectivity index (χ3n) is 4.15. The van der Waals surface area contributed by atoms with Crippen molar-refractivity contribution in [2.75, 3.05) is 12.3 Å². The molecule has 0 radical (unpaired) electrons. The van der Waals surface area contributed by atoms with Crippen molar-refractivity contribution in [2.45, 2.75) is 38.5 Å². The third kappa shape index (κ3) is 3.69. The summed E-state index contributed by atoms with van der Waals surface area (Å²) < 4.78 is 0. The van der Waals surface area contributed by atoms with E-state index < -0.39 is 0 Å². The summed E-state index contributed by atoms with van der Waals surface area (Å²) in [4.78, 5) is 14.6. The Morgan fingerprint density at radius 2 is 1.91 bits per heavy atom. The quantitative estimate of drug-likeness (QED) is 0.669. The van der Waals surface area contributed by atoms with Gasteiger partial charge in [0.15, 0.2) is 0 Å². The molecule has 116 valence electrons. The van der Waals surface area contributed by atoms with E-state index >= 15 is 0 Å². The topological polar surface area (TPSA) is 55.1 Å². The molecule has 0 atom stereocenters. The molecule has 0 unspecified atom stereocenters. The van der Waals surface area contributed by atoms with Crippen molar-refractivity contribution in [3.63, 3.8) is 0 Å². The lowest BCUT2D eigenvalue weighted by Gasteiger charge is -2.04. The Kier molecular flexibility index (Phi) is 4.78. The number of carbonyl (C=O) groups is 1. The molecule has 2 aromatic rings. The predicted octanol–water partition coefficient (Wildman–Crippen LogP) is 3.57. The highest BCUT2D eigenvalue weighted by Gasteiger charge is 2.16. The van der Waals surface area contributed by atoms with E-state index in [9.17, 15) is 4.79 Å². The molecule has 1 aromatic heterocycles. The molecular formula is C18H22N2OS. The summed E-state index contributed by atoms with van der Waals surface area (Å²) >= 11 is 1.68. The van der Waals surface area contributed by atoms with Gasteiger partial charge in [0.1, 0.15) is 0 Å². The number of benzene rings is 1. The molecule has 1 aromatic carbocycles. The fourth-order valence-corrected chi connectivity index (χ4v) is 4.04. The Bertz CT molecular complexity index is 622. The fourth-order valence-electron chi connectivity index (χ4n) is 2.87. The predicted molar refractivity (Wildman–Crippen MR) is 92.5 cm³/mol. The minimum Gasteiger partial charge on any atom is -0.399 e. The SMILES string of the molecule is Nc1ccc(CCNC(=O)c2cc3c(s2)CCCCC3)cc1. The van der Waals surface area contributed by atoms with Crippen LogP contribution in [0.1, 0.15) is 44.9 Å². The van der Waals surface area contributed by atoms with Gasteiger partial charge in [-0.25, -0.2) is 0 Å². The van der Waals surface area contributed by atoms with Gasteiger partial charge in [0, 0.05) is 17.1 Å². The Morgan fingerprint density at radius 1 is 1.14 bits per heavy atom. The van der Waals surface area contributed by atoms with Gasteiger partial charge in [0.2, 0.25) is 0 Å². The van der Waals surface area contributed by atoms with Gasteiger partial charge in [-0.3, -0.25) is 4.79 Å². The number of carbonyl (C=O) groups excluding carboxylic acids is 1. The molecule has 1 aliphatic carbocycles. The van der Waals surface area contributed by atoms with Gasteiger partial charge in [-0.15, -0.1) is 11.3 Å².